The normalized spacial score (nSPS) is 13.6. The van der Waals surface area contributed by atoms with Crippen LogP contribution in [0.2, 0.25) is 10.0 Å². The van der Waals surface area contributed by atoms with Crippen molar-refractivity contribution in [3.63, 3.8) is 0 Å². The number of carbonyl (C=O) groups is 2. The van der Waals surface area contributed by atoms with E-state index in [1.54, 1.807) is 11.0 Å². The molecule has 0 atom stereocenters. The number of primary amides is 1. The molecular weight excluding hydrogens is 489 g/mol. The highest BCUT2D eigenvalue weighted by molar-refractivity contribution is 6.31. The lowest BCUT2D eigenvalue weighted by atomic mass is 9.88. The first-order valence-electron chi connectivity index (χ1n) is 10.9. The lowest BCUT2D eigenvalue weighted by Crippen LogP contribution is -2.38. The average molecular weight is 517 g/mol. The smallest absolute Gasteiger partial charge is 0.255 e. The molecule has 2 amide bonds. The van der Waals surface area contributed by atoms with Crippen LogP contribution in [0.25, 0.3) is 0 Å². The van der Waals surface area contributed by atoms with Crippen LogP contribution < -0.4 is 10.5 Å². The Morgan fingerprint density at radius 2 is 1.65 bits per heavy atom. The van der Waals surface area contributed by atoms with Crippen LogP contribution >= 0.6 is 23.2 Å². The number of hydrogen-bond acceptors (Lipinski definition) is 4. The summed E-state index contributed by atoms with van der Waals surface area (Å²) in [6.07, 6.45) is 5.18. The topological polar surface area (TPSA) is 92.9 Å². The Kier molecular flexibility index (Phi) is 11.5. The van der Waals surface area contributed by atoms with E-state index < -0.39 is 17.5 Å². The number of ether oxygens (including phenoxy) is 1. The van der Waals surface area contributed by atoms with Gasteiger partial charge in [0, 0.05) is 25.1 Å². The summed E-state index contributed by atoms with van der Waals surface area (Å²) in [6.45, 7) is 0.221. The van der Waals surface area contributed by atoms with Crippen molar-refractivity contribution in [3.05, 3.63) is 63.6 Å². The second kappa shape index (κ2) is 14.1. The molecule has 1 aliphatic carbocycles. The van der Waals surface area contributed by atoms with Crippen LogP contribution in [-0.4, -0.2) is 41.6 Å². The van der Waals surface area contributed by atoms with Crippen LogP contribution in [0.1, 0.15) is 37.7 Å². The summed E-state index contributed by atoms with van der Waals surface area (Å²) >= 11 is 11.1. The van der Waals surface area contributed by atoms with Gasteiger partial charge in [-0.1, -0.05) is 48.5 Å². The van der Waals surface area contributed by atoms with E-state index in [1.807, 2.05) is 0 Å². The first-order chi connectivity index (χ1) is 16.2. The van der Waals surface area contributed by atoms with Gasteiger partial charge in [-0.05, 0) is 42.7 Å². The number of nitrogens with zero attached hydrogens (tertiary/aromatic N) is 1. The minimum Gasteiger partial charge on any atom is -0.484 e. The number of amides is 2. The molecule has 186 valence electrons. The molecule has 0 heterocycles. The maximum atomic E-state index is 13.5. The molecule has 1 aliphatic rings. The number of aliphatic hydroxyl groups excluding tert-OH is 1. The highest BCUT2D eigenvalue weighted by Crippen LogP contribution is 2.26. The summed E-state index contributed by atoms with van der Waals surface area (Å²) in [7, 11) is 0. The lowest BCUT2D eigenvalue weighted by Gasteiger charge is -2.29. The van der Waals surface area contributed by atoms with E-state index in [2.05, 4.69) is 0 Å². The Hall–Kier alpha value is -2.42. The fraction of sp³-hybridized carbons (Fsp3) is 0.417. The van der Waals surface area contributed by atoms with Crippen LogP contribution in [0.15, 0.2) is 36.4 Å². The van der Waals surface area contributed by atoms with Crippen LogP contribution in [-0.2, 0) is 16.1 Å². The van der Waals surface area contributed by atoms with Crippen LogP contribution in [0, 0.1) is 17.6 Å². The van der Waals surface area contributed by atoms with Gasteiger partial charge in [0.05, 0.1) is 16.7 Å². The maximum absolute atomic E-state index is 13.5. The first-order valence-corrected chi connectivity index (χ1v) is 11.7. The predicted octanol–water partition coefficient (Wildman–Crippen LogP) is 4.72. The zero-order chi connectivity index (χ0) is 25.1. The Morgan fingerprint density at radius 3 is 2.21 bits per heavy atom. The van der Waals surface area contributed by atoms with Crippen molar-refractivity contribution in [1.82, 2.24) is 4.90 Å². The fourth-order valence-corrected chi connectivity index (χ4v) is 3.81. The molecule has 3 rings (SSSR count). The van der Waals surface area contributed by atoms with Gasteiger partial charge in [0.15, 0.2) is 6.61 Å². The lowest BCUT2D eigenvalue weighted by molar-refractivity contribution is -0.137. The summed E-state index contributed by atoms with van der Waals surface area (Å²) in [4.78, 5) is 24.5. The number of aliphatic hydroxyl groups is 1. The van der Waals surface area contributed by atoms with E-state index in [9.17, 15) is 23.5 Å². The molecule has 2 aromatic rings. The van der Waals surface area contributed by atoms with Crippen molar-refractivity contribution >= 4 is 35.0 Å². The third-order valence-corrected chi connectivity index (χ3v) is 5.88. The van der Waals surface area contributed by atoms with Crippen molar-refractivity contribution in [2.24, 2.45) is 11.7 Å². The summed E-state index contributed by atoms with van der Waals surface area (Å²) in [6, 6.07) is 8.44. The molecule has 0 saturated heterocycles. The van der Waals surface area contributed by atoms with Gasteiger partial charge >= 0.3 is 0 Å². The van der Waals surface area contributed by atoms with Crippen LogP contribution in [0.4, 0.5) is 8.78 Å². The average Bonchev–Trinajstić information content (AvgIpc) is 2.82. The Labute approximate surface area is 207 Å². The molecule has 0 aromatic heterocycles. The fourth-order valence-electron chi connectivity index (χ4n) is 3.58. The van der Waals surface area contributed by atoms with E-state index in [0.717, 1.165) is 31.7 Å². The summed E-state index contributed by atoms with van der Waals surface area (Å²) in [5.74, 6) is -1.36. The molecule has 3 N–H and O–H groups in total. The van der Waals surface area contributed by atoms with E-state index in [-0.39, 0.29) is 47.4 Å². The zero-order valence-corrected chi connectivity index (χ0v) is 20.1. The van der Waals surface area contributed by atoms with Crippen LogP contribution in [0.5, 0.6) is 5.75 Å². The molecule has 0 bridgehead atoms. The molecule has 0 aliphatic heterocycles. The maximum Gasteiger partial charge on any atom is 0.255 e. The molecule has 0 unspecified atom stereocenters. The van der Waals surface area contributed by atoms with Crippen LogP contribution in [0.3, 0.4) is 0 Å². The molecule has 34 heavy (non-hydrogen) atoms. The van der Waals surface area contributed by atoms with Gasteiger partial charge in [-0.15, -0.1) is 0 Å². The zero-order valence-electron chi connectivity index (χ0n) is 18.6. The first kappa shape index (κ1) is 27.8. The van der Waals surface area contributed by atoms with Crippen molar-refractivity contribution in [1.29, 1.82) is 0 Å². The SMILES string of the molecule is NC(=O)COc1ccc(Cl)c(F)c1.O=C(C1CCCCC1)N(CCO)Cc1ccc(Cl)c(F)c1. The number of carbonyl (C=O) groups excluding carboxylic acids is 2. The van der Waals surface area contributed by atoms with E-state index in [4.69, 9.17) is 33.7 Å². The summed E-state index contributed by atoms with van der Waals surface area (Å²) in [5, 5.41) is 9.25. The minimum atomic E-state index is -0.615. The van der Waals surface area contributed by atoms with E-state index in [1.165, 1.54) is 30.7 Å². The largest absolute Gasteiger partial charge is 0.484 e. The van der Waals surface area contributed by atoms with Crippen molar-refractivity contribution in [2.75, 3.05) is 19.8 Å². The van der Waals surface area contributed by atoms with Crippen molar-refractivity contribution < 1.29 is 28.2 Å². The number of halogens is 4. The third-order valence-electron chi connectivity index (χ3n) is 5.27. The van der Waals surface area contributed by atoms with Crippen molar-refractivity contribution in [3.8, 4) is 5.75 Å². The molecule has 10 heteroatoms. The second-order valence-corrected chi connectivity index (χ2v) is 8.71. The number of hydrogen-bond donors (Lipinski definition) is 2. The van der Waals surface area contributed by atoms with Gasteiger partial charge in [0.2, 0.25) is 5.91 Å². The molecular formula is C24H28Cl2F2N2O4. The van der Waals surface area contributed by atoms with Gasteiger partial charge in [0.1, 0.15) is 17.4 Å². The summed E-state index contributed by atoms with van der Waals surface area (Å²) in [5.41, 5.74) is 5.51. The minimum absolute atomic E-state index is 0.00595. The Morgan fingerprint density at radius 1 is 1.03 bits per heavy atom. The van der Waals surface area contributed by atoms with Gasteiger partial charge in [-0.25, -0.2) is 8.78 Å². The Bertz CT molecular complexity index is 972. The second-order valence-electron chi connectivity index (χ2n) is 7.90. The van der Waals surface area contributed by atoms with Gasteiger partial charge in [-0.2, -0.15) is 0 Å². The summed E-state index contributed by atoms with van der Waals surface area (Å²) < 4.78 is 31.1. The van der Waals surface area contributed by atoms with E-state index in [0.29, 0.717) is 12.1 Å². The highest BCUT2D eigenvalue weighted by atomic mass is 35.5. The molecule has 1 fully saturated rings. The molecule has 2 aromatic carbocycles. The number of nitrogens with two attached hydrogens (primary N) is 1. The van der Waals surface area contributed by atoms with Gasteiger partial charge in [0.25, 0.3) is 5.91 Å². The molecule has 0 spiro atoms. The Balaban J connectivity index is 0.000000270. The predicted molar refractivity (Wildman–Crippen MR) is 127 cm³/mol. The van der Waals surface area contributed by atoms with Gasteiger partial charge in [-0.3, -0.25) is 9.59 Å². The molecule has 6 nitrogen and oxygen atoms in total. The van der Waals surface area contributed by atoms with Gasteiger partial charge < -0.3 is 20.5 Å². The third kappa shape index (κ3) is 9.08. The number of benzene rings is 2. The standard InChI is InChI=1S/C16H21ClFNO2.C8H7ClFNO2/c17-14-7-6-12(10-15(14)18)11-19(8-9-20)16(21)13-4-2-1-3-5-13;9-6-2-1-5(3-7(6)10)13-4-8(11)12/h6-7,10,13,20H,1-5,8-9,11H2;1-3H,4H2,(H2,11,12). The molecule has 1 saturated carbocycles. The highest BCUT2D eigenvalue weighted by Gasteiger charge is 2.25. The number of rotatable bonds is 8. The monoisotopic (exact) mass is 516 g/mol. The quantitative estimate of drug-likeness (QED) is 0.530. The molecule has 0 radical (unpaired) electrons. The van der Waals surface area contributed by atoms with E-state index >= 15 is 0 Å². The van der Waals surface area contributed by atoms with Crippen molar-refractivity contribution in [2.45, 2.75) is 38.6 Å².